The number of fused-ring (bicyclic) bond motifs is 2. The molecule has 2 aromatic heterocycles. The van der Waals surface area contributed by atoms with Crippen LogP contribution in [0, 0.1) is 0 Å². The maximum Gasteiger partial charge on any atom is 0.249 e. The number of carbonyl (C=O) groups is 1. The molecule has 0 aliphatic carbocycles. The molecular formula is C16H16N6O. The maximum absolute atomic E-state index is 12.8. The fourth-order valence-electron chi connectivity index (χ4n) is 2.95. The predicted molar refractivity (Wildman–Crippen MR) is 87.3 cm³/mol. The van der Waals surface area contributed by atoms with Crippen molar-refractivity contribution in [2.45, 2.75) is 19.4 Å². The summed E-state index contributed by atoms with van der Waals surface area (Å²) in [6, 6.07) is 7.63. The van der Waals surface area contributed by atoms with Gasteiger partial charge in [-0.05, 0) is 25.0 Å². The summed E-state index contributed by atoms with van der Waals surface area (Å²) in [6.07, 6.45) is 4.00. The summed E-state index contributed by atoms with van der Waals surface area (Å²) in [7, 11) is 0. The zero-order valence-electron chi connectivity index (χ0n) is 12.7. The number of aromatic amines is 1. The SMILES string of the molecule is CC(Nc1ncnc2[nH]ncc12)C(=O)N1CCc2ccccc21. The van der Waals surface area contributed by atoms with E-state index in [0.29, 0.717) is 11.5 Å². The number of benzene rings is 1. The average Bonchev–Trinajstić information content (AvgIpc) is 3.21. The third kappa shape index (κ3) is 2.30. The highest BCUT2D eigenvalue weighted by Gasteiger charge is 2.28. The molecule has 1 aliphatic heterocycles. The zero-order valence-corrected chi connectivity index (χ0v) is 12.7. The topological polar surface area (TPSA) is 86.8 Å². The van der Waals surface area contributed by atoms with E-state index >= 15 is 0 Å². The molecule has 23 heavy (non-hydrogen) atoms. The van der Waals surface area contributed by atoms with Gasteiger partial charge in [0.15, 0.2) is 5.65 Å². The van der Waals surface area contributed by atoms with Gasteiger partial charge < -0.3 is 10.2 Å². The highest BCUT2D eigenvalue weighted by atomic mass is 16.2. The van der Waals surface area contributed by atoms with Crippen LogP contribution in [0.3, 0.4) is 0 Å². The van der Waals surface area contributed by atoms with Gasteiger partial charge in [-0.3, -0.25) is 9.89 Å². The smallest absolute Gasteiger partial charge is 0.249 e. The first-order valence-corrected chi connectivity index (χ1v) is 7.54. The number of hydrogen-bond acceptors (Lipinski definition) is 5. The van der Waals surface area contributed by atoms with Gasteiger partial charge in [-0.25, -0.2) is 9.97 Å². The number of amides is 1. The molecule has 3 heterocycles. The van der Waals surface area contributed by atoms with Crippen LogP contribution in [0.25, 0.3) is 11.0 Å². The fourth-order valence-corrected chi connectivity index (χ4v) is 2.95. The van der Waals surface area contributed by atoms with E-state index in [4.69, 9.17) is 0 Å². The second-order valence-corrected chi connectivity index (χ2v) is 5.59. The van der Waals surface area contributed by atoms with E-state index in [1.165, 1.54) is 11.9 Å². The van der Waals surface area contributed by atoms with Crippen molar-refractivity contribution in [3.8, 4) is 0 Å². The van der Waals surface area contributed by atoms with E-state index in [1.807, 2.05) is 30.0 Å². The highest BCUT2D eigenvalue weighted by molar-refractivity contribution is 6.01. The molecule has 2 N–H and O–H groups in total. The number of aromatic nitrogens is 4. The number of carbonyl (C=O) groups excluding carboxylic acids is 1. The largest absolute Gasteiger partial charge is 0.358 e. The number of nitrogens with one attached hydrogen (secondary N) is 2. The van der Waals surface area contributed by atoms with Crippen LogP contribution < -0.4 is 10.2 Å². The van der Waals surface area contributed by atoms with Crippen LogP contribution in [-0.4, -0.2) is 38.7 Å². The van der Waals surface area contributed by atoms with Gasteiger partial charge in [0.2, 0.25) is 5.91 Å². The van der Waals surface area contributed by atoms with Crippen LogP contribution >= 0.6 is 0 Å². The summed E-state index contributed by atoms with van der Waals surface area (Å²) in [5.41, 5.74) is 2.86. The lowest BCUT2D eigenvalue weighted by Crippen LogP contribution is -2.40. The van der Waals surface area contributed by atoms with Crippen molar-refractivity contribution in [3.63, 3.8) is 0 Å². The van der Waals surface area contributed by atoms with E-state index in [2.05, 4.69) is 31.5 Å². The van der Waals surface area contributed by atoms with Gasteiger partial charge in [0.05, 0.1) is 11.6 Å². The van der Waals surface area contributed by atoms with Crippen LogP contribution in [0.2, 0.25) is 0 Å². The summed E-state index contributed by atoms with van der Waals surface area (Å²) in [5.74, 6) is 0.641. The van der Waals surface area contributed by atoms with Crippen LogP contribution in [0.1, 0.15) is 12.5 Å². The fraction of sp³-hybridized carbons (Fsp3) is 0.250. The summed E-state index contributed by atoms with van der Waals surface area (Å²) in [4.78, 5) is 22.9. The Morgan fingerprint density at radius 1 is 1.35 bits per heavy atom. The number of nitrogens with zero attached hydrogens (tertiary/aromatic N) is 4. The molecule has 0 bridgehead atoms. The molecule has 0 fully saturated rings. The van der Waals surface area contributed by atoms with Gasteiger partial charge in [-0.15, -0.1) is 0 Å². The van der Waals surface area contributed by atoms with Crippen molar-refractivity contribution in [1.82, 2.24) is 20.2 Å². The van der Waals surface area contributed by atoms with Gasteiger partial charge in [-0.2, -0.15) is 5.10 Å². The molecule has 4 rings (SSSR count). The molecule has 3 aromatic rings. The van der Waals surface area contributed by atoms with Crippen molar-refractivity contribution in [2.24, 2.45) is 0 Å². The third-order valence-electron chi connectivity index (χ3n) is 4.12. The van der Waals surface area contributed by atoms with Crippen LogP contribution in [0.15, 0.2) is 36.8 Å². The van der Waals surface area contributed by atoms with E-state index in [1.54, 1.807) is 6.20 Å². The lowest BCUT2D eigenvalue weighted by molar-refractivity contribution is -0.118. The van der Waals surface area contributed by atoms with Crippen molar-refractivity contribution in [2.75, 3.05) is 16.8 Å². The first-order chi connectivity index (χ1) is 11.2. The predicted octanol–water partition coefficient (Wildman–Crippen LogP) is 1.74. The minimum atomic E-state index is -0.394. The highest BCUT2D eigenvalue weighted by Crippen LogP contribution is 2.28. The molecule has 0 radical (unpaired) electrons. The second kappa shape index (κ2) is 5.35. The molecule has 1 amide bonds. The second-order valence-electron chi connectivity index (χ2n) is 5.59. The minimum Gasteiger partial charge on any atom is -0.358 e. The Labute approximate surface area is 132 Å². The summed E-state index contributed by atoms with van der Waals surface area (Å²) in [6.45, 7) is 2.56. The normalized spacial score (nSPS) is 14.7. The molecule has 0 saturated heterocycles. The molecular weight excluding hydrogens is 292 g/mol. The number of para-hydroxylation sites is 1. The van der Waals surface area contributed by atoms with E-state index in [9.17, 15) is 4.79 Å². The Kier molecular flexibility index (Phi) is 3.18. The van der Waals surface area contributed by atoms with Crippen molar-refractivity contribution in [3.05, 3.63) is 42.4 Å². The molecule has 0 spiro atoms. The van der Waals surface area contributed by atoms with E-state index in [0.717, 1.165) is 24.0 Å². The molecule has 0 saturated carbocycles. The minimum absolute atomic E-state index is 0.0326. The Hall–Kier alpha value is -2.96. The third-order valence-corrected chi connectivity index (χ3v) is 4.12. The van der Waals surface area contributed by atoms with Crippen LogP contribution in [0.4, 0.5) is 11.5 Å². The lowest BCUT2D eigenvalue weighted by atomic mass is 10.2. The standard InChI is InChI=1S/C16H16N6O/c1-10(20-14-12-8-19-21-15(12)18-9-17-14)16(23)22-7-6-11-4-2-3-5-13(11)22/h2-5,8-10H,6-7H2,1H3,(H2,17,18,19,20,21). The van der Waals surface area contributed by atoms with Crippen LogP contribution in [0.5, 0.6) is 0 Å². The molecule has 1 aromatic carbocycles. The summed E-state index contributed by atoms with van der Waals surface area (Å²) in [5, 5.41) is 10.7. The molecule has 116 valence electrons. The molecule has 1 unspecified atom stereocenters. The molecule has 1 aliphatic rings. The van der Waals surface area contributed by atoms with Gasteiger partial charge in [-0.1, -0.05) is 18.2 Å². The number of hydrogen-bond donors (Lipinski definition) is 2. The first kappa shape index (κ1) is 13.7. The molecule has 1 atom stereocenters. The average molecular weight is 308 g/mol. The summed E-state index contributed by atoms with van der Waals surface area (Å²) < 4.78 is 0. The van der Waals surface area contributed by atoms with Gasteiger partial charge in [0, 0.05) is 12.2 Å². The monoisotopic (exact) mass is 308 g/mol. The van der Waals surface area contributed by atoms with E-state index in [-0.39, 0.29) is 5.91 Å². The van der Waals surface area contributed by atoms with Crippen LogP contribution in [-0.2, 0) is 11.2 Å². The van der Waals surface area contributed by atoms with Gasteiger partial charge >= 0.3 is 0 Å². The Morgan fingerprint density at radius 3 is 3.13 bits per heavy atom. The number of rotatable bonds is 3. The van der Waals surface area contributed by atoms with Crippen molar-refractivity contribution < 1.29 is 4.79 Å². The first-order valence-electron chi connectivity index (χ1n) is 7.54. The summed E-state index contributed by atoms with van der Waals surface area (Å²) >= 11 is 0. The Balaban J connectivity index is 1.57. The van der Waals surface area contributed by atoms with Crippen molar-refractivity contribution >= 4 is 28.4 Å². The number of anilines is 2. The molecule has 7 heteroatoms. The van der Waals surface area contributed by atoms with Crippen molar-refractivity contribution in [1.29, 1.82) is 0 Å². The number of H-pyrrole nitrogens is 1. The van der Waals surface area contributed by atoms with E-state index < -0.39 is 6.04 Å². The Bertz CT molecular complexity index is 874. The zero-order chi connectivity index (χ0) is 15.8. The Morgan fingerprint density at radius 2 is 2.22 bits per heavy atom. The maximum atomic E-state index is 12.8. The molecule has 7 nitrogen and oxygen atoms in total. The van der Waals surface area contributed by atoms with Gasteiger partial charge in [0.1, 0.15) is 18.2 Å². The lowest BCUT2D eigenvalue weighted by Gasteiger charge is -2.22. The van der Waals surface area contributed by atoms with Gasteiger partial charge in [0.25, 0.3) is 0 Å². The quantitative estimate of drug-likeness (QED) is 0.769.